The summed E-state index contributed by atoms with van der Waals surface area (Å²) in [6.45, 7) is 2.00. The number of carbonyl (C=O) groups is 1. The number of amides is 1. The molecule has 5 N–H and O–H groups in total. The average Bonchev–Trinajstić information content (AvgIpc) is 2.95. The van der Waals surface area contributed by atoms with E-state index in [1.807, 2.05) is 24.3 Å². The van der Waals surface area contributed by atoms with Gasteiger partial charge < -0.3 is 21.5 Å². The Bertz CT molecular complexity index is 1110. The molecule has 1 saturated carbocycles. The van der Waals surface area contributed by atoms with Gasteiger partial charge in [0.2, 0.25) is 5.91 Å². The van der Waals surface area contributed by atoms with Crippen LogP contribution in [0, 0.1) is 11.8 Å². The predicted octanol–water partition coefficient (Wildman–Crippen LogP) is 5.07. The molecule has 0 aliphatic heterocycles. The predicted molar refractivity (Wildman–Crippen MR) is 154 cm³/mol. The van der Waals surface area contributed by atoms with Gasteiger partial charge in [0.05, 0.1) is 0 Å². The van der Waals surface area contributed by atoms with Gasteiger partial charge in [-0.25, -0.2) is 0 Å². The number of carbonyl (C=O) groups excluding carboxylic acids is 1. The van der Waals surface area contributed by atoms with Crippen LogP contribution in [0.5, 0.6) is 5.75 Å². The van der Waals surface area contributed by atoms with Gasteiger partial charge in [-0.1, -0.05) is 72.8 Å². The van der Waals surface area contributed by atoms with Crippen LogP contribution in [-0.2, 0) is 11.2 Å². The number of aliphatic imine (C=N–C) groups is 1. The molecule has 1 aliphatic rings. The first-order chi connectivity index (χ1) is 18.5. The lowest BCUT2D eigenvalue weighted by Crippen LogP contribution is -2.40. The smallest absolute Gasteiger partial charge is 0.225 e. The van der Waals surface area contributed by atoms with Gasteiger partial charge in [-0.2, -0.15) is 0 Å². The van der Waals surface area contributed by atoms with E-state index in [1.165, 1.54) is 11.1 Å². The van der Waals surface area contributed by atoms with Crippen molar-refractivity contribution < 1.29 is 9.90 Å². The number of guanidine groups is 1. The van der Waals surface area contributed by atoms with Crippen LogP contribution >= 0.6 is 0 Å². The molecular weight excluding hydrogens is 472 g/mol. The van der Waals surface area contributed by atoms with E-state index >= 15 is 0 Å². The summed E-state index contributed by atoms with van der Waals surface area (Å²) in [5.41, 5.74) is 14.7. The van der Waals surface area contributed by atoms with Gasteiger partial charge in [0.15, 0.2) is 5.96 Å². The molecule has 0 radical (unpaired) electrons. The number of benzene rings is 3. The van der Waals surface area contributed by atoms with Crippen LogP contribution < -0.4 is 11.5 Å². The number of hydrogen-bond acceptors (Lipinski definition) is 3. The Labute approximate surface area is 226 Å². The van der Waals surface area contributed by atoms with Crippen LogP contribution in [0.15, 0.2) is 89.9 Å². The summed E-state index contributed by atoms with van der Waals surface area (Å²) in [7, 11) is 0. The normalized spacial score (nSPS) is 17.2. The average molecular weight is 513 g/mol. The van der Waals surface area contributed by atoms with Gasteiger partial charge >= 0.3 is 0 Å². The lowest BCUT2D eigenvalue weighted by atomic mass is 9.81. The van der Waals surface area contributed by atoms with Crippen LogP contribution in [-0.4, -0.2) is 41.5 Å². The first kappa shape index (κ1) is 27.2. The SMILES string of the molecule is NC(N)=NCC1CCC(C(=O)N(CCc2ccc(O)cc2)CCC(c2ccccc2)c2ccccc2)CC1. The van der Waals surface area contributed by atoms with Crippen LogP contribution in [0.25, 0.3) is 0 Å². The van der Waals surface area contributed by atoms with Crippen LogP contribution in [0.1, 0.15) is 54.7 Å². The fraction of sp³-hybridized carbons (Fsp3) is 0.375. The van der Waals surface area contributed by atoms with E-state index in [9.17, 15) is 9.90 Å². The van der Waals surface area contributed by atoms with E-state index in [2.05, 4.69) is 58.4 Å². The molecule has 6 nitrogen and oxygen atoms in total. The highest BCUT2D eigenvalue weighted by molar-refractivity contribution is 5.79. The molecule has 38 heavy (non-hydrogen) atoms. The first-order valence-corrected chi connectivity index (χ1v) is 13.7. The Balaban J connectivity index is 1.47. The van der Waals surface area contributed by atoms with Gasteiger partial charge in [-0.15, -0.1) is 0 Å². The maximum absolute atomic E-state index is 13.9. The molecule has 0 saturated heterocycles. The maximum Gasteiger partial charge on any atom is 0.225 e. The Kier molecular flexibility index (Phi) is 9.79. The number of phenols is 1. The van der Waals surface area contributed by atoms with Crippen molar-refractivity contribution in [3.8, 4) is 5.75 Å². The van der Waals surface area contributed by atoms with Crippen molar-refractivity contribution in [3.05, 3.63) is 102 Å². The van der Waals surface area contributed by atoms with Crippen molar-refractivity contribution in [2.45, 2.75) is 44.4 Å². The number of nitrogens with zero attached hydrogens (tertiary/aromatic N) is 2. The molecule has 0 spiro atoms. The number of aromatic hydroxyl groups is 1. The summed E-state index contributed by atoms with van der Waals surface area (Å²) in [6.07, 6.45) is 5.30. The number of nitrogens with two attached hydrogens (primary N) is 2. The second-order valence-electron chi connectivity index (χ2n) is 10.4. The molecule has 1 fully saturated rings. The van der Waals surface area contributed by atoms with Crippen molar-refractivity contribution in [3.63, 3.8) is 0 Å². The maximum atomic E-state index is 13.9. The third kappa shape index (κ3) is 7.85. The second kappa shape index (κ2) is 13.7. The summed E-state index contributed by atoms with van der Waals surface area (Å²) in [4.78, 5) is 20.1. The zero-order valence-electron chi connectivity index (χ0n) is 22.1. The largest absolute Gasteiger partial charge is 0.508 e. The lowest BCUT2D eigenvalue weighted by Gasteiger charge is -2.33. The molecule has 0 unspecified atom stereocenters. The minimum absolute atomic E-state index is 0.0390. The quantitative estimate of drug-likeness (QED) is 0.247. The van der Waals surface area contributed by atoms with Gasteiger partial charge in [0.25, 0.3) is 0 Å². The standard InChI is InChI=1S/C32H40N4O2/c33-32(34)35-23-25-11-15-28(16-12-25)31(38)36(21-19-24-13-17-29(37)18-14-24)22-20-30(26-7-3-1-4-8-26)27-9-5-2-6-10-27/h1-10,13-14,17-18,25,28,30,37H,11-12,15-16,19-23H2,(H4,33,34,35). The molecular formula is C32H40N4O2. The Morgan fingerprint density at radius 2 is 1.42 bits per heavy atom. The highest BCUT2D eigenvalue weighted by Crippen LogP contribution is 2.32. The summed E-state index contributed by atoms with van der Waals surface area (Å²) < 4.78 is 0. The minimum atomic E-state index is 0.0390. The highest BCUT2D eigenvalue weighted by Gasteiger charge is 2.30. The van der Waals surface area contributed by atoms with E-state index in [1.54, 1.807) is 12.1 Å². The van der Waals surface area contributed by atoms with Crippen molar-refractivity contribution in [2.24, 2.45) is 28.3 Å². The molecule has 0 atom stereocenters. The van der Waals surface area contributed by atoms with E-state index in [4.69, 9.17) is 11.5 Å². The number of hydrogen-bond donors (Lipinski definition) is 3. The fourth-order valence-electron chi connectivity index (χ4n) is 5.52. The van der Waals surface area contributed by atoms with Gasteiger partial charge in [-0.05, 0) is 73.3 Å². The molecule has 4 rings (SSSR count). The fourth-order valence-corrected chi connectivity index (χ4v) is 5.52. The number of rotatable bonds is 11. The van der Waals surface area contributed by atoms with Crippen LogP contribution in [0.2, 0.25) is 0 Å². The molecule has 0 aromatic heterocycles. The summed E-state index contributed by atoms with van der Waals surface area (Å²) >= 11 is 0. The van der Waals surface area contributed by atoms with E-state index in [0.717, 1.165) is 44.1 Å². The molecule has 0 heterocycles. The molecule has 6 heteroatoms. The third-order valence-corrected chi connectivity index (χ3v) is 7.74. The molecule has 3 aromatic rings. The molecule has 0 bridgehead atoms. The van der Waals surface area contributed by atoms with Gasteiger partial charge in [0.1, 0.15) is 5.75 Å². The molecule has 200 valence electrons. The minimum Gasteiger partial charge on any atom is -0.508 e. The molecule has 3 aromatic carbocycles. The summed E-state index contributed by atoms with van der Waals surface area (Å²) in [5.74, 6) is 1.34. The summed E-state index contributed by atoms with van der Waals surface area (Å²) in [5, 5.41) is 9.66. The third-order valence-electron chi connectivity index (χ3n) is 7.74. The zero-order chi connectivity index (χ0) is 26.7. The number of phenolic OH excluding ortho intramolecular Hbond substituents is 1. The Hall–Kier alpha value is -3.80. The second-order valence-corrected chi connectivity index (χ2v) is 10.4. The van der Waals surface area contributed by atoms with Crippen molar-refractivity contribution in [1.29, 1.82) is 0 Å². The Morgan fingerprint density at radius 3 is 1.97 bits per heavy atom. The first-order valence-electron chi connectivity index (χ1n) is 13.7. The van der Waals surface area contributed by atoms with Crippen molar-refractivity contribution in [1.82, 2.24) is 4.90 Å². The highest BCUT2D eigenvalue weighted by atomic mass is 16.3. The van der Waals surface area contributed by atoms with Gasteiger partial charge in [0, 0.05) is 31.5 Å². The van der Waals surface area contributed by atoms with Crippen molar-refractivity contribution in [2.75, 3.05) is 19.6 Å². The lowest BCUT2D eigenvalue weighted by molar-refractivity contribution is -0.137. The molecule has 1 aliphatic carbocycles. The topological polar surface area (TPSA) is 105 Å². The van der Waals surface area contributed by atoms with E-state index < -0.39 is 0 Å². The van der Waals surface area contributed by atoms with Gasteiger partial charge in [-0.3, -0.25) is 9.79 Å². The van der Waals surface area contributed by atoms with E-state index in [-0.39, 0.29) is 29.5 Å². The Morgan fingerprint density at radius 1 is 0.842 bits per heavy atom. The van der Waals surface area contributed by atoms with Crippen LogP contribution in [0.4, 0.5) is 0 Å². The monoisotopic (exact) mass is 512 g/mol. The van der Waals surface area contributed by atoms with Crippen LogP contribution in [0.3, 0.4) is 0 Å². The zero-order valence-corrected chi connectivity index (χ0v) is 22.1. The van der Waals surface area contributed by atoms with E-state index in [0.29, 0.717) is 25.6 Å². The molecule has 1 amide bonds. The van der Waals surface area contributed by atoms with Crippen molar-refractivity contribution >= 4 is 11.9 Å². The summed E-state index contributed by atoms with van der Waals surface area (Å²) in [6, 6.07) is 28.4.